The minimum atomic E-state index is -4.06. The lowest BCUT2D eigenvalue weighted by atomic mass is 10.2. The maximum atomic E-state index is 13.7. The van der Waals surface area contributed by atoms with Gasteiger partial charge in [-0.25, -0.2) is 8.42 Å². The summed E-state index contributed by atoms with van der Waals surface area (Å²) in [5.74, 6) is 1.18. The Morgan fingerprint density at radius 2 is 1.80 bits per heavy atom. The first-order valence-corrected chi connectivity index (χ1v) is 13.6. The summed E-state index contributed by atoms with van der Waals surface area (Å²) in [7, 11) is -4.06. The molecule has 1 heterocycles. The Kier molecular flexibility index (Phi) is 7.72. The van der Waals surface area contributed by atoms with E-state index >= 15 is 0 Å². The van der Waals surface area contributed by atoms with Crippen LogP contribution >= 0.6 is 11.8 Å². The number of sulfonamides is 1. The monoisotopic (exact) mass is 514 g/mol. The molecular formula is C25H26N2O6S2. The minimum Gasteiger partial charge on any atom is -0.492 e. The topological polar surface area (TPSA) is 94.2 Å². The third kappa shape index (κ3) is 5.66. The average molecular weight is 515 g/mol. The Labute approximate surface area is 209 Å². The lowest BCUT2D eigenvalue weighted by molar-refractivity contribution is -0.119. The molecule has 1 aliphatic heterocycles. The largest absolute Gasteiger partial charge is 0.492 e. The second kappa shape index (κ2) is 10.9. The van der Waals surface area contributed by atoms with E-state index in [1.807, 2.05) is 19.2 Å². The number of hydrogen-bond acceptors (Lipinski definition) is 7. The fraction of sp³-hybridized carbons (Fsp3) is 0.240. The molecule has 3 aromatic rings. The molecule has 0 unspecified atom stereocenters. The fourth-order valence-electron chi connectivity index (χ4n) is 3.55. The lowest BCUT2D eigenvalue weighted by Gasteiger charge is -2.26. The summed E-state index contributed by atoms with van der Waals surface area (Å²) in [4.78, 5) is 14.0. The summed E-state index contributed by atoms with van der Waals surface area (Å²) in [5, 5.41) is 2.80. The van der Waals surface area contributed by atoms with Gasteiger partial charge in [-0.2, -0.15) is 0 Å². The number of hydrogen-bond donors (Lipinski definition) is 1. The van der Waals surface area contributed by atoms with E-state index < -0.39 is 22.5 Å². The number of nitrogens with zero attached hydrogens (tertiary/aromatic N) is 1. The van der Waals surface area contributed by atoms with Crippen LogP contribution in [-0.2, 0) is 21.4 Å². The van der Waals surface area contributed by atoms with Gasteiger partial charge in [0.2, 0.25) is 12.7 Å². The molecule has 35 heavy (non-hydrogen) atoms. The van der Waals surface area contributed by atoms with Gasteiger partial charge in [-0.3, -0.25) is 9.10 Å². The molecule has 0 aromatic heterocycles. The van der Waals surface area contributed by atoms with Gasteiger partial charge in [0.1, 0.15) is 12.3 Å². The Morgan fingerprint density at radius 1 is 1.06 bits per heavy atom. The molecule has 0 bridgehead atoms. The van der Waals surface area contributed by atoms with Gasteiger partial charge in [-0.15, -0.1) is 11.8 Å². The molecule has 1 amide bonds. The molecule has 0 aliphatic carbocycles. The number of thioether (sulfide) groups is 1. The van der Waals surface area contributed by atoms with Crippen LogP contribution in [0.2, 0.25) is 0 Å². The van der Waals surface area contributed by atoms with Crippen molar-refractivity contribution in [2.45, 2.75) is 23.3 Å². The molecule has 1 N–H and O–H groups in total. The number of rotatable bonds is 10. The normalized spacial score (nSPS) is 12.3. The van der Waals surface area contributed by atoms with E-state index in [1.165, 1.54) is 11.8 Å². The van der Waals surface area contributed by atoms with E-state index in [-0.39, 0.29) is 18.2 Å². The zero-order valence-corrected chi connectivity index (χ0v) is 21.0. The average Bonchev–Trinajstić information content (AvgIpc) is 3.35. The molecule has 4 rings (SSSR count). The number of para-hydroxylation sites is 2. The number of ether oxygens (including phenoxy) is 3. The van der Waals surface area contributed by atoms with Crippen molar-refractivity contribution in [3.63, 3.8) is 0 Å². The number of carbonyl (C=O) groups excluding carboxylic acids is 1. The lowest BCUT2D eigenvalue weighted by Crippen LogP contribution is -2.40. The van der Waals surface area contributed by atoms with E-state index in [0.29, 0.717) is 29.5 Å². The van der Waals surface area contributed by atoms with Gasteiger partial charge < -0.3 is 19.5 Å². The minimum absolute atomic E-state index is 0.0881. The second-order valence-corrected chi connectivity index (χ2v) is 10.3. The van der Waals surface area contributed by atoms with Crippen LogP contribution in [0.25, 0.3) is 0 Å². The van der Waals surface area contributed by atoms with Gasteiger partial charge in [0.05, 0.1) is 17.2 Å². The number of nitrogens with one attached hydrogen (secondary N) is 1. The summed E-state index contributed by atoms with van der Waals surface area (Å²) in [6, 6.07) is 18.7. The van der Waals surface area contributed by atoms with Crippen LogP contribution in [-0.4, -0.2) is 40.5 Å². The summed E-state index contributed by atoms with van der Waals surface area (Å²) in [5.41, 5.74) is 1.10. The maximum Gasteiger partial charge on any atom is 0.264 e. The summed E-state index contributed by atoms with van der Waals surface area (Å²) in [6.07, 6.45) is 1.92. The first-order chi connectivity index (χ1) is 16.9. The molecule has 1 aliphatic rings. The zero-order chi connectivity index (χ0) is 24.8. The van der Waals surface area contributed by atoms with Crippen molar-refractivity contribution < 1.29 is 27.4 Å². The van der Waals surface area contributed by atoms with Crippen LogP contribution in [0, 0.1) is 0 Å². The second-order valence-electron chi connectivity index (χ2n) is 7.55. The van der Waals surface area contributed by atoms with E-state index in [9.17, 15) is 13.2 Å². The smallest absolute Gasteiger partial charge is 0.264 e. The van der Waals surface area contributed by atoms with E-state index in [2.05, 4.69) is 5.32 Å². The molecule has 0 atom stereocenters. The Hall–Kier alpha value is -3.37. The molecule has 0 fully saturated rings. The molecule has 184 valence electrons. The van der Waals surface area contributed by atoms with Crippen molar-refractivity contribution in [2.24, 2.45) is 0 Å². The maximum absolute atomic E-state index is 13.7. The molecule has 0 radical (unpaired) electrons. The van der Waals surface area contributed by atoms with Gasteiger partial charge in [0, 0.05) is 11.4 Å². The van der Waals surface area contributed by atoms with Crippen LogP contribution in [0.3, 0.4) is 0 Å². The van der Waals surface area contributed by atoms with Crippen LogP contribution < -0.4 is 23.8 Å². The van der Waals surface area contributed by atoms with Crippen molar-refractivity contribution >= 4 is 33.4 Å². The SMILES string of the molecule is CCOc1ccccc1N(CC(=O)NCc1ccc2c(c1)OCO2)S(=O)(=O)c1ccc(SC)cc1. The predicted octanol–water partition coefficient (Wildman–Crippen LogP) is 4.05. The highest BCUT2D eigenvalue weighted by molar-refractivity contribution is 7.98. The van der Waals surface area contributed by atoms with Crippen molar-refractivity contribution in [3.05, 3.63) is 72.3 Å². The van der Waals surface area contributed by atoms with Crippen molar-refractivity contribution in [1.82, 2.24) is 5.32 Å². The molecule has 0 saturated heterocycles. The standard InChI is InChI=1S/C25H26N2O6S2/c1-3-31-22-7-5-4-6-21(22)27(35(29,30)20-11-9-19(34-2)10-12-20)16-25(28)26-15-18-8-13-23-24(14-18)33-17-32-23/h4-14H,3,15-17H2,1-2H3,(H,26,28). The van der Waals surface area contributed by atoms with Gasteiger partial charge >= 0.3 is 0 Å². The first-order valence-electron chi connectivity index (χ1n) is 11.0. The van der Waals surface area contributed by atoms with Crippen LogP contribution in [0.15, 0.2) is 76.5 Å². The summed E-state index contributed by atoms with van der Waals surface area (Å²) >= 11 is 1.52. The highest BCUT2D eigenvalue weighted by Crippen LogP contribution is 2.34. The first kappa shape index (κ1) is 24.7. The van der Waals surface area contributed by atoms with Gasteiger partial charge in [0.25, 0.3) is 10.0 Å². The molecule has 0 saturated carbocycles. The van der Waals surface area contributed by atoms with Crippen LogP contribution in [0.1, 0.15) is 12.5 Å². The molecule has 0 spiro atoms. The number of benzene rings is 3. The van der Waals surface area contributed by atoms with Gasteiger partial charge in [-0.05, 0) is 67.3 Å². The van der Waals surface area contributed by atoms with E-state index in [0.717, 1.165) is 14.8 Å². The molecule has 10 heteroatoms. The molecular weight excluding hydrogens is 488 g/mol. The Bertz CT molecular complexity index is 1300. The number of anilines is 1. The Balaban J connectivity index is 1.59. The van der Waals surface area contributed by atoms with Crippen molar-refractivity contribution in [3.8, 4) is 17.2 Å². The highest BCUT2D eigenvalue weighted by atomic mass is 32.2. The predicted molar refractivity (Wildman–Crippen MR) is 135 cm³/mol. The number of amides is 1. The third-order valence-corrected chi connectivity index (χ3v) is 7.81. The van der Waals surface area contributed by atoms with Gasteiger partial charge in [0.15, 0.2) is 11.5 Å². The molecule has 8 nitrogen and oxygen atoms in total. The van der Waals surface area contributed by atoms with E-state index in [4.69, 9.17) is 14.2 Å². The van der Waals surface area contributed by atoms with Crippen molar-refractivity contribution in [2.75, 3.05) is 30.5 Å². The van der Waals surface area contributed by atoms with Gasteiger partial charge in [-0.1, -0.05) is 18.2 Å². The summed E-state index contributed by atoms with van der Waals surface area (Å²) in [6.45, 7) is 2.12. The van der Waals surface area contributed by atoms with Crippen molar-refractivity contribution in [1.29, 1.82) is 0 Å². The quantitative estimate of drug-likeness (QED) is 0.408. The molecule has 3 aromatic carbocycles. The number of carbonyl (C=O) groups is 1. The fourth-order valence-corrected chi connectivity index (χ4v) is 5.39. The Morgan fingerprint density at radius 3 is 2.54 bits per heavy atom. The third-order valence-electron chi connectivity index (χ3n) is 5.30. The number of fused-ring (bicyclic) bond motifs is 1. The van der Waals surface area contributed by atoms with Crippen LogP contribution in [0.4, 0.5) is 5.69 Å². The zero-order valence-electron chi connectivity index (χ0n) is 19.4. The highest BCUT2D eigenvalue weighted by Gasteiger charge is 2.29. The summed E-state index contributed by atoms with van der Waals surface area (Å²) < 4.78 is 44.8. The van der Waals surface area contributed by atoms with E-state index in [1.54, 1.807) is 60.7 Å². The van der Waals surface area contributed by atoms with Crippen LogP contribution in [0.5, 0.6) is 17.2 Å².